The second-order valence-electron chi connectivity index (χ2n) is 3.20. The highest BCUT2D eigenvalue weighted by atomic mass is 32.2. The average molecular weight is 222 g/mol. The van der Waals surface area contributed by atoms with Gasteiger partial charge >= 0.3 is 0 Å². The number of benzene rings is 1. The second-order valence-corrected chi connectivity index (χ2v) is 4.34. The van der Waals surface area contributed by atoms with Crippen LogP contribution in [0.3, 0.4) is 0 Å². The summed E-state index contributed by atoms with van der Waals surface area (Å²) in [5.41, 5.74) is 6.62. The molecule has 2 aromatic rings. The lowest BCUT2D eigenvalue weighted by Gasteiger charge is -2.01. The Hall–Kier alpha value is -1.13. The van der Waals surface area contributed by atoms with E-state index < -0.39 is 0 Å². The van der Waals surface area contributed by atoms with Gasteiger partial charge in [-0.3, -0.25) is 0 Å². The first-order valence-electron chi connectivity index (χ1n) is 4.83. The molecular formula is C11H14N2OS. The number of rotatable bonds is 4. The molecule has 0 unspecified atom stereocenters. The van der Waals surface area contributed by atoms with Gasteiger partial charge in [0.1, 0.15) is 5.75 Å². The van der Waals surface area contributed by atoms with Crippen LogP contribution < -0.4 is 10.5 Å². The normalized spacial score (nSPS) is 10.8. The summed E-state index contributed by atoms with van der Waals surface area (Å²) in [5, 5.41) is 1.20. The number of thioether (sulfide) groups is 1. The fraction of sp³-hybridized carbons (Fsp3) is 0.273. The Bertz CT molecular complexity index is 453. The van der Waals surface area contributed by atoms with E-state index >= 15 is 0 Å². The van der Waals surface area contributed by atoms with Gasteiger partial charge in [-0.25, -0.2) is 0 Å². The summed E-state index contributed by atoms with van der Waals surface area (Å²) in [6.45, 7) is 0.696. The topological polar surface area (TPSA) is 51.0 Å². The molecule has 15 heavy (non-hydrogen) atoms. The van der Waals surface area contributed by atoms with Crippen molar-refractivity contribution < 1.29 is 4.74 Å². The van der Waals surface area contributed by atoms with Crippen molar-refractivity contribution in [3.63, 3.8) is 0 Å². The third-order valence-corrected chi connectivity index (χ3v) is 3.31. The van der Waals surface area contributed by atoms with Crippen LogP contribution in [-0.2, 0) is 0 Å². The van der Waals surface area contributed by atoms with Crippen LogP contribution in [0, 0.1) is 0 Å². The molecule has 2 rings (SSSR count). The van der Waals surface area contributed by atoms with Gasteiger partial charge in [0.2, 0.25) is 0 Å². The molecule has 0 aliphatic carbocycles. The van der Waals surface area contributed by atoms with E-state index in [-0.39, 0.29) is 0 Å². The van der Waals surface area contributed by atoms with Crippen molar-refractivity contribution in [1.82, 2.24) is 4.98 Å². The molecule has 1 aromatic heterocycles. The molecule has 0 spiro atoms. The number of fused-ring (bicyclic) bond motifs is 1. The minimum absolute atomic E-state index is 0.696. The van der Waals surface area contributed by atoms with Crippen molar-refractivity contribution in [1.29, 1.82) is 0 Å². The highest BCUT2D eigenvalue weighted by Crippen LogP contribution is 2.30. The quantitative estimate of drug-likeness (QED) is 0.780. The van der Waals surface area contributed by atoms with E-state index in [4.69, 9.17) is 10.5 Å². The number of nitrogens with two attached hydrogens (primary N) is 1. The second kappa shape index (κ2) is 4.59. The van der Waals surface area contributed by atoms with E-state index in [0.29, 0.717) is 6.54 Å². The van der Waals surface area contributed by atoms with E-state index in [0.717, 1.165) is 17.0 Å². The summed E-state index contributed by atoms with van der Waals surface area (Å²) in [7, 11) is 1.68. The third kappa shape index (κ3) is 2.11. The summed E-state index contributed by atoms with van der Waals surface area (Å²) in [4.78, 5) is 4.46. The largest absolute Gasteiger partial charge is 0.497 e. The molecule has 4 heteroatoms. The number of hydrogen-bond donors (Lipinski definition) is 2. The van der Waals surface area contributed by atoms with Gasteiger partial charge in [0, 0.05) is 34.3 Å². The molecule has 1 aromatic carbocycles. The van der Waals surface area contributed by atoms with Crippen LogP contribution in [0.2, 0.25) is 0 Å². The first kappa shape index (κ1) is 10.4. The summed E-state index contributed by atoms with van der Waals surface area (Å²) < 4.78 is 5.20. The molecule has 0 saturated heterocycles. The van der Waals surface area contributed by atoms with Crippen LogP contribution in [0.15, 0.2) is 29.3 Å². The maximum absolute atomic E-state index is 5.49. The fourth-order valence-corrected chi connectivity index (χ4v) is 2.29. The molecule has 80 valence electrons. The predicted octanol–water partition coefficient (Wildman–Crippen LogP) is 2.23. The number of hydrogen-bond acceptors (Lipinski definition) is 3. The van der Waals surface area contributed by atoms with E-state index in [1.807, 2.05) is 24.4 Å². The molecule has 1 heterocycles. The third-order valence-electron chi connectivity index (χ3n) is 2.23. The smallest absolute Gasteiger partial charge is 0.119 e. The zero-order chi connectivity index (χ0) is 10.7. The number of aromatic amines is 1. The van der Waals surface area contributed by atoms with Gasteiger partial charge in [-0.15, -0.1) is 11.8 Å². The number of ether oxygens (including phenoxy) is 1. The number of aromatic nitrogens is 1. The zero-order valence-electron chi connectivity index (χ0n) is 8.62. The maximum atomic E-state index is 5.49. The van der Waals surface area contributed by atoms with Crippen LogP contribution in [0.1, 0.15) is 0 Å². The van der Waals surface area contributed by atoms with E-state index in [1.165, 1.54) is 10.3 Å². The molecule has 0 saturated carbocycles. The Morgan fingerprint density at radius 1 is 1.47 bits per heavy atom. The van der Waals surface area contributed by atoms with Crippen molar-refractivity contribution in [2.75, 3.05) is 19.4 Å². The van der Waals surface area contributed by atoms with Crippen LogP contribution in [0.4, 0.5) is 0 Å². The monoisotopic (exact) mass is 222 g/mol. The van der Waals surface area contributed by atoms with Gasteiger partial charge in [0.15, 0.2) is 0 Å². The lowest BCUT2D eigenvalue weighted by atomic mass is 10.2. The van der Waals surface area contributed by atoms with Crippen LogP contribution in [-0.4, -0.2) is 24.4 Å². The number of H-pyrrole nitrogens is 1. The predicted molar refractivity (Wildman–Crippen MR) is 64.6 cm³/mol. The Morgan fingerprint density at radius 2 is 2.33 bits per heavy atom. The highest BCUT2D eigenvalue weighted by Gasteiger charge is 2.04. The van der Waals surface area contributed by atoms with Gasteiger partial charge in [0.05, 0.1) is 7.11 Å². The molecule has 0 bridgehead atoms. The zero-order valence-corrected chi connectivity index (χ0v) is 9.43. The summed E-state index contributed by atoms with van der Waals surface area (Å²) in [6, 6.07) is 6.03. The van der Waals surface area contributed by atoms with Crippen molar-refractivity contribution in [2.45, 2.75) is 4.90 Å². The van der Waals surface area contributed by atoms with E-state index in [9.17, 15) is 0 Å². The Labute approximate surface area is 93.0 Å². The minimum atomic E-state index is 0.696. The number of methoxy groups -OCH3 is 1. The SMILES string of the molecule is COc1ccc2[nH]cc(SCCN)c2c1. The first-order valence-corrected chi connectivity index (χ1v) is 5.81. The average Bonchev–Trinajstić information content (AvgIpc) is 2.68. The maximum Gasteiger partial charge on any atom is 0.119 e. The van der Waals surface area contributed by atoms with Gasteiger partial charge < -0.3 is 15.5 Å². The molecule has 0 amide bonds. The van der Waals surface area contributed by atoms with Crippen LogP contribution in [0.5, 0.6) is 5.75 Å². The lowest BCUT2D eigenvalue weighted by molar-refractivity contribution is 0.415. The Balaban J connectivity index is 2.38. The van der Waals surface area contributed by atoms with Gasteiger partial charge in [-0.1, -0.05) is 0 Å². The first-order chi connectivity index (χ1) is 7.35. The van der Waals surface area contributed by atoms with Crippen LogP contribution in [0.25, 0.3) is 10.9 Å². The van der Waals surface area contributed by atoms with E-state index in [1.54, 1.807) is 18.9 Å². The molecule has 3 nitrogen and oxygen atoms in total. The van der Waals surface area contributed by atoms with Crippen LogP contribution >= 0.6 is 11.8 Å². The molecule has 0 aliphatic heterocycles. The lowest BCUT2D eigenvalue weighted by Crippen LogP contribution is -2.00. The minimum Gasteiger partial charge on any atom is -0.497 e. The Morgan fingerprint density at radius 3 is 3.07 bits per heavy atom. The highest BCUT2D eigenvalue weighted by molar-refractivity contribution is 7.99. The number of nitrogens with one attached hydrogen (secondary N) is 1. The molecule has 3 N–H and O–H groups in total. The summed E-state index contributed by atoms with van der Waals surface area (Å²) >= 11 is 1.76. The van der Waals surface area contributed by atoms with Crippen molar-refractivity contribution in [2.24, 2.45) is 5.73 Å². The fourth-order valence-electron chi connectivity index (χ4n) is 1.49. The Kier molecular flexibility index (Phi) is 3.18. The van der Waals surface area contributed by atoms with Gasteiger partial charge in [0.25, 0.3) is 0 Å². The van der Waals surface area contributed by atoms with Crippen molar-refractivity contribution in [3.05, 3.63) is 24.4 Å². The molecule has 0 radical (unpaired) electrons. The standard InChI is InChI=1S/C11H14N2OS/c1-14-8-2-3-10-9(6-8)11(7-13-10)15-5-4-12/h2-3,6-7,13H,4-5,12H2,1H3. The molecule has 0 aliphatic rings. The van der Waals surface area contributed by atoms with E-state index in [2.05, 4.69) is 4.98 Å². The summed E-state index contributed by atoms with van der Waals surface area (Å²) in [6.07, 6.45) is 2.02. The van der Waals surface area contributed by atoms with Gasteiger partial charge in [-0.2, -0.15) is 0 Å². The van der Waals surface area contributed by atoms with Crippen molar-refractivity contribution in [3.8, 4) is 5.75 Å². The van der Waals surface area contributed by atoms with Crippen molar-refractivity contribution >= 4 is 22.7 Å². The summed E-state index contributed by atoms with van der Waals surface area (Å²) in [5.74, 6) is 1.82. The molecule has 0 fully saturated rings. The molecule has 0 atom stereocenters. The molecular weight excluding hydrogens is 208 g/mol. The van der Waals surface area contributed by atoms with Gasteiger partial charge in [-0.05, 0) is 18.2 Å².